The van der Waals surface area contributed by atoms with Crippen LogP contribution < -0.4 is 10.4 Å². The molecule has 0 aliphatic carbocycles. The molecule has 0 radical (unpaired) electrons. The average molecular weight is 286 g/mol. The Balaban J connectivity index is 2.61. The molecule has 110 valence electrons. The Hall–Kier alpha value is -1.07. The van der Waals surface area contributed by atoms with Crippen molar-refractivity contribution in [3.8, 4) is 0 Å². The number of rotatable bonds is 4. The zero-order valence-corrected chi connectivity index (χ0v) is 12.0. The standard InChI is InChI=1S/C15H25BN2O2/c1-7-18(8-2)13-9-12(10-17-11-13)16-19-14(3,4)15(5,6)20-16/h9-11H,7-8H2,1-6H3/i1D3,2D3,7D2,8D2. The summed E-state index contributed by atoms with van der Waals surface area (Å²) in [6, 6.07) is 1.22. The van der Waals surface area contributed by atoms with Crippen LogP contribution in [0.1, 0.15) is 55.1 Å². The van der Waals surface area contributed by atoms with Crippen molar-refractivity contribution >= 4 is 18.3 Å². The lowest BCUT2D eigenvalue weighted by Gasteiger charge is -2.32. The van der Waals surface area contributed by atoms with Gasteiger partial charge >= 0.3 is 7.12 Å². The molecule has 0 amide bonds. The first-order chi connectivity index (χ1) is 13.2. The van der Waals surface area contributed by atoms with Crippen LogP contribution in [0.2, 0.25) is 0 Å². The van der Waals surface area contributed by atoms with Crippen molar-refractivity contribution in [1.82, 2.24) is 4.98 Å². The Labute approximate surface area is 136 Å². The second-order valence-electron chi connectivity index (χ2n) is 5.62. The highest BCUT2D eigenvalue weighted by molar-refractivity contribution is 6.62. The lowest BCUT2D eigenvalue weighted by Crippen LogP contribution is -2.41. The average Bonchev–Trinajstić information content (AvgIpc) is 2.73. The first kappa shape index (κ1) is 6.80. The Morgan fingerprint density at radius 1 is 1.20 bits per heavy atom. The molecular formula is C15H25BN2O2. The fourth-order valence-corrected chi connectivity index (χ4v) is 1.83. The SMILES string of the molecule is [2H]C([2H])([2H])C([2H])([2H])N(c1cncc(B2OC(C)(C)C(C)(C)O2)c1)C([2H])([2H])C([2H])([2H])[2H]. The van der Waals surface area contributed by atoms with Crippen molar-refractivity contribution in [1.29, 1.82) is 0 Å². The van der Waals surface area contributed by atoms with Crippen LogP contribution >= 0.6 is 0 Å². The predicted molar refractivity (Wildman–Crippen MR) is 83.5 cm³/mol. The zero-order valence-electron chi connectivity index (χ0n) is 22.0. The molecule has 2 rings (SSSR count). The van der Waals surface area contributed by atoms with E-state index in [1.54, 1.807) is 0 Å². The highest BCUT2D eigenvalue weighted by atomic mass is 16.7. The molecule has 0 unspecified atom stereocenters. The number of nitrogens with zero attached hydrogens (tertiary/aromatic N) is 2. The van der Waals surface area contributed by atoms with Crippen LogP contribution in [0.3, 0.4) is 0 Å². The van der Waals surface area contributed by atoms with E-state index >= 15 is 0 Å². The van der Waals surface area contributed by atoms with Crippen LogP contribution in [-0.4, -0.2) is 36.3 Å². The second kappa shape index (κ2) is 5.37. The van der Waals surface area contributed by atoms with Crippen LogP contribution in [0, 0.1) is 0 Å². The summed E-state index contributed by atoms with van der Waals surface area (Å²) in [6.07, 6.45) is 2.35. The molecule has 1 aliphatic heterocycles. The molecule has 2 heterocycles. The Morgan fingerprint density at radius 3 is 2.35 bits per heavy atom. The van der Waals surface area contributed by atoms with Crippen molar-refractivity contribution in [2.24, 2.45) is 0 Å². The van der Waals surface area contributed by atoms with Gasteiger partial charge in [0.1, 0.15) is 0 Å². The maximum absolute atomic E-state index is 8.06. The third kappa shape index (κ3) is 2.70. The second-order valence-corrected chi connectivity index (χ2v) is 5.62. The van der Waals surface area contributed by atoms with E-state index in [0.717, 1.165) is 6.20 Å². The molecule has 20 heavy (non-hydrogen) atoms. The van der Waals surface area contributed by atoms with E-state index < -0.39 is 45.0 Å². The normalized spacial score (nSPS) is 30.3. The Bertz CT molecular complexity index is 752. The maximum Gasteiger partial charge on any atom is 0.496 e. The van der Waals surface area contributed by atoms with Gasteiger partial charge in [0.05, 0.1) is 23.1 Å². The van der Waals surface area contributed by atoms with Crippen molar-refractivity contribution in [2.45, 2.75) is 52.6 Å². The summed E-state index contributed by atoms with van der Waals surface area (Å²) in [5.74, 6) is 0. The summed E-state index contributed by atoms with van der Waals surface area (Å²) in [6.45, 7) is -6.16. The molecule has 0 atom stereocenters. The van der Waals surface area contributed by atoms with E-state index in [4.69, 9.17) is 23.0 Å². The van der Waals surface area contributed by atoms with Gasteiger partial charge in [-0.25, -0.2) is 0 Å². The van der Waals surface area contributed by atoms with Gasteiger partial charge in [-0.2, -0.15) is 0 Å². The Morgan fingerprint density at radius 2 is 1.80 bits per heavy atom. The van der Waals surface area contributed by atoms with Crippen molar-refractivity contribution < 1.29 is 23.0 Å². The van der Waals surface area contributed by atoms with Crippen LogP contribution in [0.25, 0.3) is 0 Å². The van der Waals surface area contributed by atoms with Crippen molar-refractivity contribution in [3.63, 3.8) is 0 Å². The third-order valence-electron chi connectivity index (χ3n) is 3.75. The van der Waals surface area contributed by atoms with Gasteiger partial charge in [-0.1, -0.05) is 0 Å². The van der Waals surface area contributed by atoms with E-state index in [-0.39, 0.29) is 16.1 Å². The monoisotopic (exact) mass is 286 g/mol. The fourth-order valence-electron chi connectivity index (χ4n) is 1.83. The summed E-state index contributed by atoms with van der Waals surface area (Å²) in [4.78, 5) is 4.03. The van der Waals surface area contributed by atoms with Crippen molar-refractivity contribution in [2.75, 3.05) is 17.9 Å². The number of hydrogen-bond donors (Lipinski definition) is 0. The highest BCUT2D eigenvalue weighted by Gasteiger charge is 2.51. The van der Waals surface area contributed by atoms with Gasteiger partial charge in [0.25, 0.3) is 0 Å². The number of pyridine rings is 1. The number of aromatic nitrogens is 1. The lowest BCUT2D eigenvalue weighted by atomic mass is 9.80. The quantitative estimate of drug-likeness (QED) is 0.795. The molecule has 1 saturated heterocycles. The van der Waals surface area contributed by atoms with Crippen LogP contribution in [0.4, 0.5) is 5.69 Å². The molecule has 0 aromatic carbocycles. The molecule has 5 heteroatoms. The molecule has 1 aromatic rings. The van der Waals surface area contributed by atoms with Gasteiger partial charge in [-0.15, -0.1) is 0 Å². The van der Waals surface area contributed by atoms with Gasteiger partial charge in [0.15, 0.2) is 0 Å². The van der Waals surface area contributed by atoms with Gasteiger partial charge in [-0.3, -0.25) is 4.98 Å². The molecular weight excluding hydrogens is 251 g/mol. The van der Waals surface area contributed by atoms with E-state index in [9.17, 15) is 0 Å². The molecule has 1 fully saturated rings. The largest absolute Gasteiger partial charge is 0.496 e. The molecule has 0 bridgehead atoms. The minimum Gasteiger partial charge on any atom is -0.399 e. The van der Waals surface area contributed by atoms with E-state index in [1.807, 2.05) is 27.7 Å². The smallest absolute Gasteiger partial charge is 0.399 e. The minimum atomic E-state index is -3.36. The maximum atomic E-state index is 8.06. The predicted octanol–water partition coefficient (Wildman–Crippen LogP) is 2.23. The molecule has 4 nitrogen and oxygen atoms in total. The highest BCUT2D eigenvalue weighted by Crippen LogP contribution is 2.36. The summed E-state index contributed by atoms with van der Waals surface area (Å²) in [5, 5.41) is 0. The topological polar surface area (TPSA) is 34.6 Å². The van der Waals surface area contributed by atoms with Crippen molar-refractivity contribution in [3.05, 3.63) is 18.5 Å². The first-order valence-electron chi connectivity index (χ1n) is 11.3. The zero-order chi connectivity index (χ0) is 23.6. The third-order valence-corrected chi connectivity index (χ3v) is 3.75. The van der Waals surface area contributed by atoms with E-state index in [1.165, 1.54) is 12.3 Å². The summed E-state index contributed by atoms with van der Waals surface area (Å²) in [5.41, 5.74) is -1.51. The minimum absolute atomic E-state index is 0.0989. The molecule has 1 aromatic heterocycles. The summed E-state index contributed by atoms with van der Waals surface area (Å²) >= 11 is 0. The first-order valence-corrected chi connectivity index (χ1v) is 6.26. The Kier molecular flexibility index (Phi) is 1.83. The van der Waals surface area contributed by atoms with Gasteiger partial charge in [-0.05, 0) is 47.5 Å². The fraction of sp³-hybridized carbons (Fsp3) is 0.667. The summed E-state index contributed by atoms with van der Waals surface area (Å²) in [7, 11) is -0.943. The number of anilines is 1. The van der Waals surface area contributed by atoms with E-state index in [2.05, 4.69) is 4.98 Å². The van der Waals surface area contributed by atoms with Crippen LogP contribution in [-0.2, 0) is 9.31 Å². The summed E-state index contributed by atoms with van der Waals surface area (Å²) < 4.78 is 89.2. The van der Waals surface area contributed by atoms with Gasteiger partial charge in [0, 0.05) is 38.4 Å². The van der Waals surface area contributed by atoms with E-state index in [0.29, 0.717) is 0 Å². The van der Waals surface area contributed by atoms with Crippen LogP contribution in [0.15, 0.2) is 18.5 Å². The van der Waals surface area contributed by atoms with Gasteiger partial charge in [0.2, 0.25) is 0 Å². The molecule has 0 spiro atoms. The molecule has 1 aliphatic rings. The van der Waals surface area contributed by atoms with Gasteiger partial charge < -0.3 is 14.2 Å². The number of hydrogen-bond acceptors (Lipinski definition) is 4. The molecule has 0 saturated carbocycles. The molecule has 0 N–H and O–H groups in total. The van der Waals surface area contributed by atoms with Crippen LogP contribution in [0.5, 0.6) is 0 Å². The lowest BCUT2D eigenvalue weighted by molar-refractivity contribution is 0.00578.